The minimum absolute atomic E-state index is 0.0568. The summed E-state index contributed by atoms with van der Waals surface area (Å²) in [5, 5.41) is 15.7. The van der Waals surface area contributed by atoms with Crippen molar-refractivity contribution in [1.29, 1.82) is 0 Å². The highest BCUT2D eigenvalue weighted by atomic mass is 19.3. The van der Waals surface area contributed by atoms with Crippen molar-refractivity contribution in [1.82, 2.24) is 20.5 Å². The molecule has 0 saturated heterocycles. The van der Waals surface area contributed by atoms with E-state index in [1.54, 1.807) is 12.4 Å². The lowest BCUT2D eigenvalue weighted by molar-refractivity contribution is -0.120. The van der Waals surface area contributed by atoms with Crippen molar-refractivity contribution in [2.45, 2.75) is 38.2 Å². The van der Waals surface area contributed by atoms with Crippen LogP contribution in [0.2, 0.25) is 0 Å². The van der Waals surface area contributed by atoms with Gasteiger partial charge in [-0.15, -0.1) is 0 Å². The molecule has 2 aromatic heterocycles. The molecule has 1 aliphatic carbocycles. The molecule has 1 saturated carbocycles. The van der Waals surface area contributed by atoms with Crippen LogP contribution >= 0.6 is 0 Å². The average molecular weight is 411 g/mol. The molecule has 0 unspecified atom stereocenters. The Bertz CT molecular complexity index is 1010. The Balaban J connectivity index is 1.40. The van der Waals surface area contributed by atoms with Gasteiger partial charge in [0.2, 0.25) is 5.91 Å². The summed E-state index contributed by atoms with van der Waals surface area (Å²) in [6, 6.07) is 11.6. The minimum Gasteiger partial charge on any atom is -0.310 e. The number of carbonyl (C=O) groups is 1. The van der Waals surface area contributed by atoms with E-state index in [1.165, 1.54) is 0 Å². The zero-order valence-corrected chi connectivity index (χ0v) is 16.4. The van der Waals surface area contributed by atoms with Gasteiger partial charge < -0.3 is 10.6 Å². The second-order valence-electron chi connectivity index (χ2n) is 7.58. The van der Waals surface area contributed by atoms with Gasteiger partial charge in [-0.1, -0.05) is 12.1 Å². The van der Waals surface area contributed by atoms with Crippen LogP contribution in [-0.4, -0.2) is 40.1 Å². The third-order valence-corrected chi connectivity index (χ3v) is 5.50. The molecule has 30 heavy (non-hydrogen) atoms. The number of nitrogens with one attached hydrogen (secondary N) is 2. The van der Waals surface area contributed by atoms with Crippen LogP contribution in [0.4, 0.5) is 14.6 Å². The fourth-order valence-corrected chi connectivity index (χ4v) is 3.87. The fraction of sp³-hybridized carbons (Fsp3) is 0.364. The SMILES string of the molecule is O=C(Nc1cc2cc(-c3cccnn3)ccc2cn1)[C@H]1CC[C@H](NCC(F)F)CC1. The topological polar surface area (TPSA) is 79.8 Å². The van der Waals surface area contributed by atoms with Crippen molar-refractivity contribution in [3.63, 3.8) is 0 Å². The third-order valence-electron chi connectivity index (χ3n) is 5.50. The van der Waals surface area contributed by atoms with Crippen molar-refractivity contribution in [2.75, 3.05) is 11.9 Å². The van der Waals surface area contributed by atoms with Gasteiger partial charge in [0, 0.05) is 35.3 Å². The van der Waals surface area contributed by atoms with E-state index >= 15 is 0 Å². The summed E-state index contributed by atoms with van der Waals surface area (Å²) < 4.78 is 24.7. The standard InChI is InChI=1S/C22H23F2N5O/c23-20(24)13-25-18-7-5-14(6-8-18)22(30)28-21-11-17-10-15(3-4-16(17)12-26-21)19-2-1-9-27-29-19/h1-4,9-12,14,18,20,25H,5-8,13H2,(H,26,28,30)/t14-,18-. The first kappa shape index (κ1) is 20.3. The van der Waals surface area contributed by atoms with E-state index in [1.807, 2.05) is 36.4 Å². The second-order valence-corrected chi connectivity index (χ2v) is 7.58. The lowest BCUT2D eigenvalue weighted by Crippen LogP contribution is -2.38. The van der Waals surface area contributed by atoms with Gasteiger partial charge in [0.05, 0.1) is 12.2 Å². The van der Waals surface area contributed by atoms with E-state index in [2.05, 4.69) is 25.8 Å². The molecule has 0 atom stereocenters. The van der Waals surface area contributed by atoms with Gasteiger partial charge in [0.15, 0.2) is 0 Å². The van der Waals surface area contributed by atoms with E-state index < -0.39 is 6.43 Å². The molecule has 2 heterocycles. The number of hydrogen-bond donors (Lipinski definition) is 2. The minimum atomic E-state index is -2.35. The average Bonchev–Trinajstić information content (AvgIpc) is 2.78. The predicted octanol–water partition coefficient (Wildman–Crippen LogP) is 4.04. The number of pyridine rings is 1. The highest BCUT2D eigenvalue weighted by Gasteiger charge is 2.26. The van der Waals surface area contributed by atoms with Crippen molar-refractivity contribution >= 4 is 22.5 Å². The summed E-state index contributed by atoms with van der Waals surface area (Å²) in [6.45, 7) is -0.293. The summed E-state index contributed by atoms with van der Waals surface area (Å²) in [4.78, 5) is 17.0. The maximum atomic E-state index is 12.7. The lowest BCUT2D eigenvalue weighted by Gasteiger charge is -2.28. The van der Waals surface area contributed by atoms with E-state index in [4.69, 9.17) is 0 Å². The molecule has 0 spiro atoms. The summed E-state index contributed by atoms with van der Waals surface area (Å²) in [7, 11) is 0. The van der Waals surface area contributed by atoms with Gasteiger partial charge in [-0.25, -0.2) is 13.8 Å². The Labute approximate surface area is 173 Å². The molecule has 3 aromatic rings. The molecule has 156 valence electrons. The van der Waals surface area contributed by atoms with Crippen molar-refractivity contribution in [3.8, 4) is 11.3 Å². The van der Waals surface area contributed by atoms with Crippen LogP contribution in [0.25, 0.3) is 22.0 Å². The molecule has 2 N–H and O–H groups in total. The number of benzene rings is 1. The highest BCUT2D eigenvalue weighted by molar-refractivity contribution is 5.95. The Kier molecular flexibility index (Phi) is 6.23. The summed E-state index contributed by atoms with van der Waals surface area (Å²) in [5.74, 6) is 0.305. The molecule has 0 aliphatic heterocycles. The van der Waals surface area contributed by atoms with E-state index in [0.717, 1.165) is 34.9 Å². The zero-order chi connectivity index (χ0) is 20.9. The molecule has 6 nitrogen and oxygen atoms in total. The summed E-state index contributed by atoms with van der Waals surface area (Å²) in [6.07, 6.45) is 3.81. The van der Waals surface area contributed by atoms with Crippen LogP contribution in [0.5, 0.6) is 0 Å². The number of amides is 1. The largest absolute Gasteiger partial charge is 0.310 e. The Hall–Kier alpha value is -3.00. The van der Waals surface area contributed by atoms with Gasteiger partial charge in [-0.3, -0.25) is 4.79 Å². The number of alkyl halides is 2. The number of nitrogens with zero attached hydrogens (tertiary/aromatic N) is 3. The molecule has 1 fully saturated rings. The Morgan fingerprint density at radius 3 is 2.67 bits per heavy atom. The number of carbonyl (C=O) groups excluding carboxylic acids is 1. The fourth-order valence-electron chi connectivity index (χ4n) is 3.87. The van der Waals surface area contributed by atoms with Gasteiger partial charge in [-0.05, 0) is 55.3 Å². The predicted molar refractivity (Wildman–Crippen MR) is 111 cm³/mol. The molecule has 8 heteroatoms. The van der Waals surface area contributed by atoms with Gasteiger partial charge in [-0.2, -0.15) is 10.2 Å². The first-order valence-corrected chi connectivity index (χ1v) is 10.1. The summed E-state index contributed by atoms with van der Waals surface area (Å²) >= 11 is 0. The van der Waals surface area contributed by atoms with Crippen LogP contribution in [0, 0.1) is 5.92 Å². The number of aromatic nitrogens is 3. The quantitative estimate of drug-likeness (QED) is 0.640. The van der Waals surface area contributed by atoms with Crippen LogP contribution in [0.3, 0.4) is 0 Å². The van der Waals surface area contributed by atoms with E-state index in [9.17, 15) is 13.6 Å². The number of anilines is 1. The normalized spacial score (nSPS) is 19.2. The number of halogens is 2. The lowest BCUT2D eigenvalue weighted by atomic mass is 9.85. The first-order chi connectivity index (χ1) is 14.6. The Morgan fingerprint density at radius 2 is 1.93 bits per heavy atom. The van der Waals surface area contributed by atoms with Crippen molar-refractivity contribution in [2.24, 2.45) is 5.92 Å². The smallest absolute Gasteiger partial charge is 0.250 e. The van der Waals surface area contributed by atoms with Crippen LogP contribution in [0.15, 0.2) is 48.8 Å². The number of rotatable bonds is 6. The highest BCUT2D eigenvalue weighted by Crippen LogP contribution is 2.27. The van der Waals surface area contributed by atoms with Gasteiger partial charge >= 0.3 is 0 Å². The van der Waals surface area contributed by atoms with Gasteiger partial charge in [0.1, 0.15) is 5.82 Å². The first-order valence-electron chi connectivity index (χ1n) is 10.1. The molecular formula is C22H23F2N5O. The molecule has 1 amide bonds. The monoisotopic (exact) mass is 411 g/mol. The van der Waals surface area contributed by atoms with E-state index in [-0.39, 0.29) is 24.4 Å². The molecule has 0 radical (unpaired) electrons. The van der Waals surface area contributed by atoms with Crippen LogP contribution < -0.4 is 10.6 Å². The van der Waals surface area contributed by atoms with E-state index in [0.29, 0.717) is 18.7 Å². The van der Waals surface area contributed by atoms with Crippen molar-refractivity contribution < 1.29 is 13.6 Å². The molecule has 1 aliphatic rings. The summed E-state index contributed by atoms with van der Waals surface area (Å²) in [5.41, 5.74) is 1.72. The number of hydrogen-bond acceptors (Lipinski definition) is 5. The molecule has 1 aromatic carbocycles. The molecule has 4 rings (SSSR count). The zero-order valence-electron chi connectivity index (χ0n) is 16.4. The Morgan fingerprint density at radius 1 is 1.10 bits per heavy atom. The number of fused-ring (bicyclic) bond motifs is 1. The molecular weight excluding hydrogens is 388 g/mol. The second kappa shape index (κ2) is 9.21. The van der Waals surface area contributed by atoms with Crippen molar-refractivity contribution in [3.05, 3.63) is 48.8 Å². The van der Waals surface area contributed by atoms with Crippen LogP contribution in [0.1, 0.15) is 25.7 Å². The van der Waals surface area contributed by atoms with Gasteiger partial charge in [0.25, 0.3) is 6.43 Å². The maximum Gasteiger partial charge on any atom is 0.250 e. The third kappa shape index (κ3) is 4.94. The molecule has 0 bridgehead atoms. The van der Waals surface area contributed by atoms with Crippen LogP contribution in [-0.2, 0) is 4.79 Å². The maximum absolute atomic E-state index is 12.7.